The molecule has 0 saturated carbocycles. The van der Waals surface area contributed by atoms with Crippen LogP contribution < -0.4 is 15.8 Å². The van der Waals surface area contributed by atoms with E-state index in [0.717, 1.165) is 22.6 Å². The number of carbonyl (C=O) groups excluding carboxylic acids is 1. The zero-order chi connectivity index (χ0) is 14.5. The summed E-state index contributed by atoms with van der Waals surface area (Å²) >= 11 is 0. The van der Waals surface area contributed by atoms with Crippen LogP contribution in [0.3, 0.4) is 0 Å². The van der Waals surface area contributed by atoms with E-state index in [1.165, 1.54) is 0 Å². The molecule has 0 unspecified atom stereocenters. The molecule has 1 amide bonds. The van der Waals surface area contributed by atoms with E-state index in [9.17, 15) is 4.79 Å². The van der Waals surface area contributed by atoms with Crippen LogP contribution in [0.15, 0.2) is 24.3 Å². The monoisotopic (exact) mass is 274 g/mol. The number of ether oxygens (including phenoxy) is 1. The lowest BCUT2D eigenvalue weighted by Gasteiger charge is -2.08. The highest BCUT2D eigenvalue weighted by atomic mass is 16.5. The van der Waals surface area contributed by atoms with E-state index in [2.05, 4.69) is 15.5 Å². The maximum absolute atomic E-state index is 10.6. The maximum Gasteiger partial charge on any atom is 0.255 e. The minimum Gasteiger partial charge on any atom is -0.484 e. The van der Waals surface area contributed by atoms with E-state index < -0.39 is 5.91 Å². The lowest BCUT2D eigenvalue weighted by Crippen LogP contribution is -2.19. The molecule has 1 aromatic heterocycles. The molecule has 0 atom stereocenters. The molecular formula is C14H18N4O2. The highest BCUT2D eigenvalue weighted by Crippen LogP contribution is 2.18. The first kappa shape index (κ1) is 13.9. The Bertz CT molecular complexity index is 570. The van der Waals surface area contributed by atoms with Crippen molar-refractivity contribution in [1.29, 1.82) is 0 Å². The van der Waals surface area contributed by atoms with E-state index in [1.807, 2.05) is 38.1 Å². The van der Waals surface area contributed by atoms with E-state index >= 15 is 0 Å². The van der Waals surface area contributed by atoms with Crippen molar-refractivity contribution in [3.8, 4) is 5.75 Å². The highest BCUT2D eigenvalue weighted by Gasteiger charge is 2.05. The van der Waals surface area contributed by atoms with Crippen LogP contribution >= 0.6 is 0 Å². The third-order valence-corrected chi connectivity index (χ3v) is 2.90. The molecule has 0 radical (unpaired) electrons. The number of nitrogens with one attached hydrogen (secondary N) is 2. The number of H-pyrrole nitrogens is 1. The zero-order valence-electron chi connectivity index (χ0n) is 11.6. The van der Waals surface area contributed by atoms with Gasteiger partial charge in [0, 0.05) is 6.54 Å². The van der Waals surface area contributed by atoms with Crippen molar-refractivity contribution < 1.29 is 9.53 Å². The molecule has 1 aromatic carbocycles. The fraction of sp³-hybridized carbons (Fsp3) is 0.286. The summed E-state index contributed by atoms with van der Waals surface area (Å²) < 4.78 is 5.20. The standard InChI is InChI=1S/C14H18N4O2/c1-9-14(10(2)18-17-9)16-7-11-3-5-12(6-4-11)20-8-13(15)19/h3-6,16H,7-8H2,1-2H3,(H2,15,19)(H,17,18). The summed E-state index contributed by atoms with van der Waals surface area (Å²) in [5.41, 5.74) is 9.12. The Balaban J connectivity index is 1.92. The number of amides is 1. The first-order valence-electron chi connectivity index (χ1n) is 6.31. The summed E-state index contributed by atoms with van der Waals surface area (Å²) in [5, 5.41) is 10.4. The van der Waals surface area contributed by atoms with Crippen molar-refractivity contribution in [2.75, 3.05) is 11.9 Å². The lowest BCUT2D eigenvalue weighted by atomic mass is 10.2. The molecule has 0 aliphatic rings. The van der Waals surface area contributed by atoms with Gasteiger partial charge in [-0.15, -0.1) is 0 Å². The van der Waals surface area contributed by atoms with Gasteiger partial charge in [0.15, 0.2) is 6.61 Å². The van der Waals surface area contributed by atoms with E-state index in [-0.39, 0.29) is 6.61 Å². The Hall–Kier alpha value is -2.50. The predicted octanol–water partition coefficient (Wildman–Crippen LogP) is 1.50. The Labute approximate surface area is 117 Å². The number of nitrogens with zero attached hydrogens (tertiary/aromatic N) is 1. The summed E-state index contributed by atoms with van der Waals surface area (Å²) in [6.45, 7) is 4.51. The van der Waals surface area contributed by atoms with Crippen LogP contribution in [0.1, 0.15) is 17.0 Å². The van der Waals surface area contributed by atoms with Gasteiger partial charge in [-0.05, 0) is 31.5 Å². The van der Waals surface area contributed by atoms with Crippen LogP contribution in [-0.4, -0.2) is 22.7 Å². The summed E-state index contributed by atoms with van der Waals surface area (Å²) in [5.74, 6) is 0.143. The van der Waals surface area contributed by atoms with Crippen LogP contribution in [0.4, 0.5) is 5.69 Å². The minimum atomic E-state index is -0.485. The lowest BCUT2D eigenvalue weighted by molar-refractivity contribution is -0.119. The number of aryl methyl sites for hydroxylation is 2. The molecule has 0 bridgehead atoms. The highest BCUT2D eigenvalue weighted by molar-refractivity contribution is 5.75. The van der Waals surface area contributed by atoms with E-state index in [0.29, 0.717) is 12.3 Å². The molecule has 4 N–H and O–H groups in total. The molecule has 2 aromatic rings. The SMILES string of the molecule is Cc1n[nH]c(C)c1NCc1ccc(OCC(N)=O)cc1. The minimum absolute atomic E-state index is 0.106. The number of aromatic amines is 1. The zero-order valence-corrected chi connectivity index (χ0v) is 11.6. The number of rotatable bonds is 6. The van der Waals surface area contributed by atoms with Crippen molar-refractivity contribution in [1.82, 2.24) is 10.2 Å². The first-order chi connectivity index (χ1) is 9.56. The number of aromatic nitrogens is 2. The van der Waals surface area contributed by atoms with Gasteiger partial charge in [-0.25, -0.2) is 0 Å². The van der Waals surface area contributed by atoms with Gasteiger partial charge in [0.2, 0.25) is 0 Å². The number of hydrogen-bond acceptors (Lipinski definition) is 4. The van der Waals surface area contributed by atoms with Gasteiger partial charge < -0.3 is 15.8 Å². The Kier molecular flexibility index (Phi) is 4.24. The van der Waals surface area contributed by atoms with Gasteiger partial charge in [0.25, 0.3) is 5.91 Å². The number of nitrogens with two attached hydrogens (primary N) is 1. The largest absolute Gasteiger partial charge is 0.484 e. The molecule has 6 heteroatoms. The molecule has 1 heterocycles. The summed E-state index contributed by atoms with van der Waals surface area (Å²) in [7, 11) is 0. The summed E-state index contributed by atoms with van der Waals surface area (Å²) in [6.07, 6.45) is 0. The number of hydrogen-bond donors (Lipinski definition) is 3. The topological polar surface area (TPSA) is 93.0 Å². The normalized spacial score (nSPS) is 10.3. The molecule has 20 heavy (non-hydrogen) atoms. The van der Waals surface area contributed by atoms with Crippen molar-refractivity contribution >= 4 is 11.6 Å². The molecular weight excluding hydrogens is 256 g/mol. The van der Waals surface area contributed by atoms with Gasteiger partial charge in [-0.3, -0.25) is 9.89 Å². The molecule has 106 valence electrons. The second kappa shape index (κ2) is 6.10. The molecule has 2 rings (SSSR count). The van der Waals surface area contributed by atoms with Crippen LogP contribution in [0.25, 0.3) is 0 Å². The second-order valence-corrected chi connectivity index (χ2v) is 4.56. The van der Waals surface area contributed by atoms with E-state index in [1.54, 1.807) is 0 Å². The molecule has 0 saturated heterocycles. The van der Waals surface area contributed by atoms with Crippen molar-refractivity contribution in [3.63, 3.8) is 0 Å². The Morgan fingerprint density at radius 3 is 2.60 bits per heavy atom. The maximum atomic E-state index is 10.6. The first-order valence-corrected chi connectivity index (χ1v) is 6.31. The second-order valence-electron chi connectivity index (χ2n) is 4.56. The average Bonchev–Trinajstić information content (AvgIpc) is 2.75. The third kappa shape index (κ3) is 3.50. The molecule has 0 aliphatic carbocycles. The van der Waals surface area contributed by atoms with Crippen LogP contribution in [0.2, 0.25) is 0 Å². The number of carbonyl (C=O) groups is 1. The van der Waals surface area contributed by atoms with Crippen molar-refractivity contribution in [2.24, 2.45) is 5.73 Å². The van der Waals surface area contributed by atoms with Crippen LogP contribution in [0, 0.1) is 13.8 Å². The molecule has 0 fully saturated rings. The summed E-state index contributed by atoms with van der Waals surface area (Å²) in [6, 6.07) is 7.51. The van der Waals surface area contributed by atoms with Gasteiger partial charge in [-0.1, -0.05) is 12.1 Å². The Morgan fingerprint density at radius 2 is 2.05 bits per heavy atom. The van der Waals surface area contributed by atoms with Gasteiger partial charge in [0.1, 0.15) is 5.75 Å². The Morgan fingerprint density at radius 1 is 1.35 bits per heavy atom. The molecule has 0 aliphatic heterocycles. The predicted molar refractivity (Wildman–Crippen MR) is 76.5 cm³/mol. The summed E-state index contributed by atoms with van der Waals surface area (Å²) in [4.78, 5) is 10.6. The number of benzene rings is 1. The van der Waals surface area contributed by atoms with E-state index in [4.69, 9.17) is 10.5 Å². The third-order valence-electron chi connectivity index (χ3n) is 2.90. The fourth-order valence-corrected chi connectivity index (χ4v) is 1.86. The van der Waals surface area contributed by atoms with Crippen molar-refractivity contribution in [3.05, 3.63) is 41.2 Å². The fourth-order valence-electron chi connectivity index (χ4n) is 1.86. The number of primary amides is 1. The van der Waals surface area contributed by atoms with Gasteiger partial charge >= 0.3 is 0 Å². The average molecular weight is 274 g/mol. The van der Waals surface area contributed by atoms with Crippen LogP contribution in [-0.2, 0) is 11.3 Å². The smallest absolute Gasteiger partial charge is 0.255 e. The van der Waals surface area contributed by atoms with Crippen LogP contribution in [0.5, 0.6) is 5.75 Å². The molecule has 6 nitrogen and oxygen atoms in total. The molecule has 0 spiro atoms. The quantitative estimate of drug-likeness (QED) is 0.744. The van der Waals surface area contributed by atoms with Gasteiger partial charge in [0.05, 0.1) is 17.1 Å². The number of anilines is 1. The van der Waals surface area contributed by atoms with Gasteiger partial charge in [-0.2, -0.15) is 5.10 Å². The van der Waals surface area contributed by atoms with Crippen molar-refractivity contribution in [2.45, 2.75) is 20.4 Å².